The van der Waals surface area contributed by atoms with Crippen LogP contribution < -0.4 is 17.2 Å². The van der Waals surface area contributed by atoms with Crippen LogP contribution in [0.4, 0.5) is 21.2 Å². The summed E-state index contributed by atoms with van der Waals surface area (Å²) >= 11 is 5.91. The molecule has 0 spiro atoms. The van der Waals surface area contributed by atoms with Crippen molar-refractivity contribution in [2.45, 2.75) is 25.5 Å². The molecule has 0 radical (unpaired) electrons. The van der Waals surface area contributed by atoms with Crippen molar-refractivity contribution in [3.63, 3.8) is 0 Å². The predicted octanol–water partition coefficient (Wildman–Crippen LogP) is 1.53. The summed E-state index contributed by atoms with van der Waals surface area (Å²) < 4.78 is 5.11. The normalized spacial score (nSPS) is 14.5. The number of nitrogens with two attached hydrogens (primary N) is 3. The molecule has 0 atom stereocenters. The lowest BCUT2D eigenvalue weighted by atomic mass is 10.0. The molecule has 3 amide bonds. The maximum atomic E-state index is 13.3. The summed E-state index contributed by atoms with van der Waals surface area (Å²) in [5.41, 5.74) is 17.8. The van der Waals surface area contributed by atoms with Gasteiger partial charge in [-0.1, -0.05) is 41.9 Å². The largest absolute Gasteiger partial charge is 0.465 e. The number of rotatable bonds is 4. The highest BCUT2D eigenvalue weighted by Gasteiger charge is 2.34. The van der Waals surface area contributed by atoms with E-state index in [0.29, 0.717) is 0 Å². The molecular formula is C20H23ClN8O5. The van der Waals surface area contributed by atoms with E-state index in [1.54, 1.807) is 24.3 Å². The summed E-state index contributed by atoms with van der Waals surface area (Å²) in [6, 6.07) is 8.31. The van der Waals surface area contributed by atoms with Crippen molar-refractivity contribution in [3.05, 3.63) is 46.7 Å². The number of likely N-dealkylation sites (tertiary alicyclic amines) is 1. The van der Waals surface area contributed by atoms with E-state index in [9.17, 15) is 19.5 Å². The molecule has 34 heavy (non-hydrogen) atoms. The zero-order chi connectivity index (χ0) is 24.8. The van der Waals surface area contributed by atoms with Crippen molar-refractivity contribution < 1.29 is 24.2 Å². The average molecular weight is 491 g/mol. The zero-order valence-electron chi connectivity index (χ0n) is 17.9. The third-order valence-corrected chi connectivity index (χ3v) is 5.36. The number of anilines is 2. The minimum Gasteiger partial charge on any atom is -0.465 e. The summed E-state index contributed by atoms with van der Waals surface area (Å²) in [5.74, 6) is -1.74. The first kappa shape index (κ1) is 24.5. The Bertz CT molecular complexity index is 1110. The Balaban J connectivity index is 1.85. The molecule has 7 N–H and O–H groups in total. The number of carbonyl (C=O) groups excluding carboxylic acids is 2. The Kier molecular flexibility index (Phi) is 7.68. The third kappa shape index (κ3) is 5.81. The molecule has 0 saturated carbocycles. The van der Waals surface area contributed by atoms with Crippen molar-refractivity contribution in [2.75, 3.05) is 24.6 Å². The minimum absolute atomic E-state index is 0.0482. The van der Waals surface area contributed by atoms with E-state index in [1.807, 2.05) is 6.07 Å². The van der Waals surface area contributed by atoms with Crippen LogP contribution in [-0.2, 0) is 11.3 Å². The molecule has 180 valence electrons. The van der Waals surface area contributed by atoms with Gasteiger partial charge in [0.2, 0.25) is 5.96 Å². The molecule has 1 fully saturated rings. The van der Waals surface area contributed by atoms with Gasteiger partial charge in [-0.2, -0.15) is 0 Å². The van der Waals surface area contributed by atoms with Gasteiger partial charge < -0.3 is 31.9 Å². The molecular weight excluding hydrogens is 468 g/mol. The van der Waals surface area contributed by atoms with Crippen LogP contribution in [-0.4, -0.2) is 68.1 Å². The fourth-order valence-corrected chi connectivity index (χ4v) is 3.51. The number of nitrogens with zero attached hydrogens (tertiary/aromatic N) is 5. The van der Waals surface area contributed by atoms with E-state index in [2.05, 4.69) is 15.0 Å². The van der Waals surface area contributed by atoms with Gasteiger partial charge in [-0.25, -0.2) is 19.6 Å². The number of hydrogen-bond acceptors (Lipinski definition) is 8. The van der Waals surface area contributed by atoms with Gasteiger partial charge in [-0.15, -0.1) is 4.99 Å². The first-order chi connectivity index (χ1) is 16.2. The van der Waals surface area contributed by atoms with Gasteiger partial charge in [-0.05, 0) is 18.4 Å². The Labute approximate surface area is 199 Å². The van der Waals surface area contributed by atoms with Crippen molar-refractivity contribution in [1.82, 2.24) is 19.8 Å². The van der Waals surface area contributed by atoms with E-state index < -0.39 is 30.1 Å². The van der Waals surface area contributed by atoms with Crippen LogP contribution >= 0.6 is 11.6 Å². The maximum absolute atomic E-state index is 13.3. The second-order valence-corrected chi connectivity index (χ2v) is 7.68. The third-order valence-electron chi connectivity index (χ3n) is 5.08. The molecule has 1 aliphatic rings. The van der Waals surface area contributed by atoms with E-state index in [0.717, 1.165) is 10.5 Å². The number of guanidine groups is 1. The highest BCUT2D eigenvalue weighted by molar-refractivity contribution is 6.31. The number of amides is 3. The van der Waals surface area contributed by atoms with E-state index in [4.69, 9.17) is 33.5 Å². The van der Waals surface area contributed by atoms with Gasteiger partial charge in [0.25, 0.3) is 5.91 Å². The number of benzene rings is 1. The number of halogens is 1. The molecule has 1 saturated heterocycles. The van der Waals surface area contributed by atoms with Crippen molar-refractivity contribution in [3.8, 4) is 0 Å². The van der Waals surface area contributed by atoms with Gasteiger partial charge in [0, 0.05) is 19.1 Å². The van der Waals surface area contributed by atoms with Crippen molar-refractivity contribution in [2.24, 2.45) is 10.7 Å². The van der Waals surface area contributed by atoms with Crippen LogP contribution in [0.15, 0.2) is 35.3 Å². The second kappa shape index (κ2) is 10.7. The van der Waals surface area contributed by atoms with Crippen molar-refractivity contribution >= 4 is 47.3 Å². The Morgan fingerprint density at radius 2 is 1.79 bits per heavy atom. The first-order valence-electron chi connectivity index (χ1n) is 10.1. The molecule has 3 rings (SSSR count). The highest BCUT2D eigenvalue weighted by atomic mass is 35.5. The molecule has 13 nitrogen and oxygen atoms in total. The number of aromatic nitrogens is 2. The van der Waals surface area contributed by atoms with Crippen LogP contribution in [0.25, 0.3) is 0 Å². The molecule has 0 bridgehead atoms. The maximum Gasteiger partial charge on any atom is 0.437 e. The molecule has 0 unspecified atom stereocenters. The highest BCUT2D eigenvalue weighted by Crippen LogP contribution is 2.23. The Morgan fingerprint density at radius 3 is 2.41 bits per heavy atom. The molecule has 0 aliphatic carbocycles. The summed E-state index contributed by atoms with van der Waals surface area (Å²) in [6.07, 6.45) is -1.65. The standard InChI is InChI=1S/C20H23ClN8O5/c21-14-16(23)26-15(22)13(25-14)17(30)29(12-6-8-28(9-7-12)20(32)33)18(24)27-19(31)34-10-11-4-2-1-3-5-11/h1-5,12H,6-10H2,(H,32,33)(H4,22,23,26)(H2,24,27,31). The monoisotopic (exact) mass is 490 g/mol. The number of aliphatic imine (C=N–C) groups is 1. The smallest absolute Gasteiger partial charge is 0.437 e. The van der Waals surface area contributed by atoms with Gasteiger partial charge in [0.05, 0.1) is 0 Å². The average Bonchev–Trinajstić information content (AvgIpc) is 2.81. The van der Waals surface area contributed by atoms with Crippen LogP contribution in [0.3, 0.4) is 0 Å². The first-order valence-corrected chi connectivity index (χ1v) is 10.5. The number of carbonyl (C=O) groups is 3. The molecule has 1 aromatic heterocycles. The van der Waals surface area contributed by atoms with Crippen molar-refractivity contribution in [1.29, 1.82) is 0 Å². The topological polar surface area (TPSA) is 203 Å². The zero-order valence-corrected chi connectivity index (χ0v) is 18.7. The fraction of sp³-hybridized carbons (Fsp3) is 0.300. The fourth-order valence-electron chi connectivity index (χ4n) is 3.38. The summed E-state index contributed by atoms with van der Waals surface area (Å²) in [7, 11) is 0. The Morgan fingerprint density at radius 1 is 1.15 bits per heavy atom. The quantitative estimate of drug-likeness (QED) is 0.359. The van der Waals surface area contributed by atoms with Gasteiger partial charge in [-0.3, -0.25) is 9.69 Å². The molecule has 2 aromatic rings. The SMILES string of the molecule is NC(=NC(=O)OCc1ccccc1)N(C(=O)c1nc(Cl)c(N)nc1N)C1CCN(C(=O)O)CC1. The van der Waals surface area contributed by atoms with Crippen LogP contribution in [0.5, 0.6) is 0 Å². The lowest BCUT2D eigenvalue weighted by molar-refractivity contribution is 0.0723. The predicted molar refractivity (Wildman–Crippen MR) is 123 cm³/mol. The number of piperidine rings is 1. The summed E-state index contributed by atoms with van der Waals surface area (Å²) in [4.78, 5) is 50.5. The lowest BCUT2D eigenvalue weighted by Crippen LogP contribution is -2.53. The number of nitrogen functional groups attached to an aromatic ring is 2. The summed E-state index contributed by atoms with van der Waals surface area (Å²) in [6.45, 7) is 0.228. The van der Waals surface area contributed by atoms with E-state index in [-0.39, 0.29) is 55.0 Å². The van der Waals surface area contributed by atoms with Crippen LogP contribution in [0, 0.1) is 0 Å². The minimum atomic E-state index is -1.08. The lowest BCUT2D eigenvalue weighted by Gasteiger charge is -2.36. The summed E-state index contributed by atoms with van der Waals surface area (Å²) in [5, 5.41) is 8.96. The van der Waals surface area contributed by atoms with Gasteiger partial charge in [0.15, 0.2) is 22.5 Å². The van der Waals surface area contributed by atoms with Gasteiger partial charge >= 0.3 is 12.2 Å². The van der Waals surface area contributed by atoms with Crippen LogP contribution in [0.2, 0.25) is 5.15 Å². The molecule has 2 heterocycles. The molecule has 1 aliphatic heterocycles. The van der Waals surface area contributed by atoms with E-state index >= 15 is 0 Å². The second-order valence-electron chi connectivity index (χ2n) is 7.32. The van der Waals surface area contributed by atoms with E-state index in [1.165, 1.54) is 4.90 Å². The number of carboxylic acid groups (broad SMARTS) is 1. The molecule has 1 aromatic carbocycles. The van der Waals surface area contributed by atoms with Crippen LogP contribution in [0.1, 0.15) is 28.9 Å². The Hall–Kier alpha value is -4.13. The van der Waals surface area contributed by atoms with Gasteiger partial charge in [0.1, 0.15) is 6.61 Å². The molecule has 14 heteroatoms. The number of hydrogen-bond donors (Lipinski definition) is 4. The number of ether oxygens (including phenoxy) is 1.